The van der Waals surface area contributed by atoms with Gasteiger partial charge in [-0.3, -0.25) is 0 Å². The molecule has 0 aliphatic carbocycles. The van der Waals surface area contributed by atoms with Gasteiger partial charge in [0.05, 0.1) is 4.47 Å². The van der Waals surface area contributed by atoms with Gasteiger partial charge in [0.15, 0.2) is 11.5 Å². The van der Waals surface area contributed by atoms with Gasteiger partial charge in [-0.25, -0.2) is 0 Å². The van der Waals surface area contributed by atoms with Crippen LogP contribution in [0.3, 0.4) is 0 Å². The van der Waals surface area contributed by atoms with Crippen molar-refractivity contribution < 1.29 is 4.52 Å². The van der Waals surface area contributed by atoms with Crippen molar-refractivity contribution in [3.63, 3.8) is 0 Å². The normalized spacial score (nSPS) is 19.0. The molecule has 2 rings (SSSR count). The summed E-state index contributed by atoms with van der Waals surface area (Å²) < 4.78 is 5.96. The van der Waals surface area contributed by atoms with E-state index in [0.29, 0.717) is 11.6 Å². The van der Waals surface area contributed by atoms with Crippen molar-refractivity contribution in [1.29, 1.82) is 5.26 Å². The fourth-order valence-corrected chi connectivity index (χ4v) is 2.44. The van der Waals surface area contributed by atoms with Crippen molar-refractivity contribution in [2.24, 2.45) is 0 Å². The number of rotatable bonds is 1. The van der Waals surface area contributed by atoms with Crippen LogP contribution in [0.4, 0.5) is 0 Å². The highest BCUT2D eigenvalue weighted by molar-refractivity contribution is 9.10. The quantitative estimate of drug-likeness (QED) is 0.784. The van der Waals surface area contributed by atoms with E-state index in [9.17, 15) is 0 Å². The molecule has 1 saturated heterocycles. The molecular weight excluding hydrogens is 258 g/mol. The van der Waals surface area contributed by atoms with Gasteiger partial charge in [-0.1, -0.05) is 5.16 Å². The number of nitrogens with zero attached hydrogens (tertiary/aromatic N) is 3. The Kier molecular flexibility index (Phi) is 3.08. The molecule has 1 aliphatic heterocycles. The maximum absolute atomic E-state index is 8.76. The molecule has 1 aromatic rings. The summed E-state index contributed by atoms with van der Waals surface area (Å²) in [6, 6.07) is 2.00. The maximum Gasteiger partial charge on any atom is 0.197 e. The fraction of sp³-hybridized carbons (Fsp3) is 0.600. The smallest absolute Gasteiger partial charge is 0.197 e. The molecule has 0 saturated carbocycles. The molecule has 0 aromatic carbocycles. The van der Waals surface area contributed by atoms with E-state index < -0.39 is 0 Å². The largest absolute Gasteiger partial charge is 0.359 e. The van der Waals surface area contributed by atoms with E-state index in [4.69, 9.17) is 9.78 Å². The molecule has 5 heteroatoms. The lowest BCUT2D eigenvalue weighted by Gasteiger charge is -2.27. The molecular formula is C10H12BrN3O. The number of hydrogen-bond donors (Lipinski definition) is 0. The molecule has 0 bridgehead atoms. The van der Waals surface area contributed by atoms with Crippen molar-refractivity contribution in [3.8, 4) is 6.07 Å². The first-order chi connectivity index (χ1) is 7.22. The Bertz CT molecular complexity index is 388. The van der Waals surface area contributed by atoms with Gasteiger partial charge in [-0.05, 0) is 48.9 Å². The average Bonchev–Trinajstić information content (AvgIpc) is 2.61. The highest BCUT2D eigenvalue weighted by atomic mass is 79.9. The molecule has 0 unspecified atom stereocenters. The summed E-state index contributed by atoms with van der Waals surface area (Å²) in [6.45, 7) is 2.14. The molecule has 0 N–H and O–H groups in total. The van der Waals surface area contributed by atoms with Gasteiger partial charge < -0.3 is 9.42 Å². The molecule has 1 aromatic heterocycles. The van der Waals surface area contributed by atoms with E-state index in [1.54, 1.807) is 0 Å². The van der Waals surface area contributed by atoms with Crippen LogP contribution in [0.15, 0.2) is 9.00 Å². The first-order valence-corrected chi connectivity index (χ1v) is 5.75. The Balaban J connectivity index is 2.16. The second-order valence-electron chi connectivity index (χ2n) is 3.90. The molecule has 15 heavy (non-hydrogen) atoms. The highest BCUT2D eigenvalue weighted by Gasteiger charge is 2.25. The third kappa shape index (κ3) is 2.06. The fourth-order valence-electron chi connectivity index (χ4n) is 1.89. The number of likely N-dealkylation sites (tertiary alicyclic amines) is 1. The number of aromatic nitrogens is 1. The lowest BCUT2D eigenvalue weighted by Crippen LogP contribution is -2.29. The van der Waals surface area contributed by atoms with Crippen molar-refractivity contribution in [3.05, 3.63) is 15.9 Å². The molecule has 0 amide bonds. The molecule has 0 spiro atoms. The summed E-state index contributed by atoms with van der Waals surface area (Å²) in [6.07, 6.45) is 2.13. The van der Waals surface area contributed by atoms with E-state index >= 15 is 0 Å². The zero-order valence-electron chi connectivity index (χ0n) is 8.53. The second kappa shape index (κ2) is 4.33. The average molecular weight is 270 g/mol. The minimum absolute atomic E-state index is 0.351. The summed E-state index contributed by atoms with van der Waals surface area (Å²) in [5.74, 6) is 1.23. The summed E-state index contributed by atoms with van der Waals surface area (Å²) >= 11 is 3.37. The third-order valence-corrected chi connectivity index (χ3v) is 3.62. The monoisotopic (exact) mass is 269 g/mol. The van der Waals surface area contributed by atoms with E-state index in [-0.39, 0.29) is 0 Å². The van der Waals surface area contributed by atoms with Gasteiger partial charge in [-0.15, -0.1) is 0 Å². The first-order valence-electron chi connectivity index (χ1n) is 4.96. The number of nitriles is 1. The topological polar surface area (TPSA) is 53.1 Å². The van der Waals surface area contributed by atoms with Gasteiger partial charge in [-0.2, -0.15) is 5.26 Å². The SMILES string of the molecule is CN1CCC(c2onc(C#N)c2Br)CC1. The Morgan fingerprint density at radius 1 is 1.53 bits per heavy atom. The van der Waals surface area contributed by atoms with Gasteiger partial charge >= 0.3 is 0 Å². The van der Waals surface area contributed by atoms with Crippen LogP contribution in [0.5, 0.6) is 0 Å². The zero-order valence-corrected chi connectivity index (χ0v) is 10.1. The van der Waals surface area contributed by atoms with Crippen LogP contribution < -0.4 is 0 Å². The summed E-state index contributed by atoms with van der Waals surface area (Å²) in [4.78, 5) is 2.30. The Hall–Kier alpha value is -0.860. The van der Waals surface area contributed by atoms with Crippen LogP contribution in [0.25, 0.3) is 0 Å². The van der Waals surface area contributed by atoms with Crippen LogP contribution in [0.2, 0.25) is 0 Å². The van der Waals surface area contributed by atoms with E-state index in [2.05, 4.69) is 33.0 Å². The lowest BCUT2D eigenvalue weighted by molar-refractivity contribution is 0.230. The minimum atomic E-state index is 0.351. The Morgan fingerprint density at radius 2 is 2.20 bits per heavy atom. The Morgan fingerprint density at radius 3 is 2.73 bits per heavy atom. The van der Waals surface area contributed by atoms with Crippen molar-refractivity contribution in [2.45, 2.75) is 18.8 Å². The molecule has 2 heterocycles. The lowest BCUT2D eigenvalue weighted by atomic mass is 9.94. The first kappa shape index (κ1) is 10.7. The molecule has 80 valence electrons. The summed E-state index contributed by atoms with van der Waals surface area (Å²) in [5.41, 5.74) is 0.351. The van der Waals surface area contributed by atoms with Gasteiger partial charge in [0, 0.05) is 5.92 Å². The highest BCUT2D eigenvalue weighted by Crippen LogP contribution is 2.34. The molecule has 0 radical (unpaired) electrons. The third-order valence-electron chi connectivity index (χ3n) is 2.85. The number of piperidine rings is 1. The number of halogens is 1. The van der Waals surface area contributed by atoms with Crippen molar-refractivity contribution in [1.82, 2.24) is 10.1 Å². The maximum atomic E-state index is 8.76. The van der Waals surface area contributed by atoms with E-state index in [1.165, 1.54) is 0 Å². The van der Waals surface area contributed by atoms with Crippen LogP contribution in [0.1, 0.15) is 30.2 Å². The summed E-state index contributed by atoms with van der Waals surface area (Å²) in [7, 11) is 2.12. The van der Waals surface area contributed by atoms with Gasteiger partial charge in [0.25, 0.3) is 0 Å². The van der Waals surface area contributed by atoms with Crippen LogP contribution in [-0.2, 0) is 0 Å². The Labute approximate surface area is 97.0 Å². The zero-order chi connectivity index (χ0) is 10.8. The standard InChI is InChI=1S/C10H12BrN3O/c1-14-4-2-7(3-5-14)10-9(11)8(6-12)13-15-10/h7H,2-5H2,1H3. The molecule has 0 atom stereocenters. The molecule has 1 fully saturated rings. The van der Waals surface area contributed by atoms with E-state index in [1.807, 2.05) is 6.07 Å². The molecule has 4 nitrogen and oxygen atoms in total. The van der Waals surface area contributed by atoms with Crippen LogP contribution in [-0.4, -0.2) is 30.2 Å². The van der Waals surface area contributed by atoms with E-state index in [0.717, 1.165) is 36.2 Å². The van der Waals surface area contributed by atoms with Crippen LogP contribution >= 0.6 is 15.9 Å². The second-order valence-corrected chi connectivity index (χ2v) is 4.69. The van der Waals surface area contributed by atoms with Gasteiger partial charge in [0.2, 0.25) is 0 Å². The molecule has 1 aliphatic rings. The van der Waals surface area contributed by atoms with Crippen molar-refractivity contribution >= 4 is 15.9 Å². The van der Waals surface area contributed by atoms with Gasteiger partial charge in [0.1, 0.15) is 6.07 Å². The number of hydrogen-bond acceptors (Lipinski definition) is 4. The predicted molar refractivity (Wildman–Crippen MR) is 58.4 cm³/mol. The summed E-state index contributed by atoms with van der Waals surface area (Å²) in [5, 5.41) is 12.5. The van der Waals surface area contributed by atoms with Crippen LogP contribution in [0, 0.1) is 11.3 Å². The minimum Gasteiger partial charge on any atom is -0.359 e. The predicted octanol–water partition coefficient (Wildman–Crippen LogP) is 2.12. The van der Waals surface area contributed by atoms with Crippen molar-refractivity contribution in [2.75, 3.05) is 20.1 Å².